The zero-order valence-electron chi connectivity index (χ0n) is 24.9. The highest BCUT2D eigenvalue weighted by Crippen LogP contribution is 2.45. The maximum Gasteiger partial charge on any atom is 0.0541 e. The van der Waals surface area contributed by atoms with Gasteiger partial charge in [-0.05, 0) is 96.8 Å². The molecule has 0 radical (unpaired) electrons. The van der Waals surface area contributed by atoms with Crippen molar-refractivity contribution in [2.75, 3.05) is 10.6 Å². The minimum atomic E-state index is 0.745. The Bertz CT molecular complexity index is 1950. The molecule has 44 heavy (non-hydrogen) atoms. The topological polar surface area (TPSA) is 29.3 Å². The molecule has 0 aliphatic heterocycles. The fourth-order valence-corrected chi connectivity index (χ4v) is 5.62. The van der Waals surface area contributed by atoms with Crippen LogP contribution in [0.1, 0.15) is 22.3 Å². The summed E-state index contributed by atoms with van der Waals surface area (Å²) in [6, 6.07) is 46.1. The first-order chi connectivity index (χ1) is 21.4. The third-order valence-electron chi connectivity index (χ3n) is 7.84. The molecule has 0 unspecified atom stereocenters. The van der Waals surface area contributed by atoms with E-state index in [2.05, 4.69) is 128 Å². The van der Waals surface area contributed by atoms with Gasteiger partial charge in [0.05, 0.1) is 11.4 Å². The number of nitrogens with zero attached hydrogens (tertiary/aromatic N) is 1. The molecule has 6 aromatic carbocycles. The van der Waals surface area contributed by atoms with E-state index in [0.717, 1.165) is 67.3 Å². The fraction of sp³-hybridized carbons (Fsp3) is 0.0476. The van der Waals surface area contributed by atoms with E-state index >= 15 is 0 Å². The van der Waals surface area contributed by atoms with E-state index in [-0.39, 0.29) is 0 Å². The largest absolute Gasteiger partial charge is 0.399 e. The highest BCUT2D eigenvalue weighted by Gasteiger charge is 2.21. The van der Waals surface area contributed by atoms with Crippen LogP contribution >= 0.6 is 0 Å². The minimum absolute atomic E-state index is 0.745. The summed E-state index contributed by atoms with van der Waals surface area (Å²) in [7, 11) is 0. The maximum atomic E-state index is 5.95. The van der Waals surface area contributed by atoms with Crippen LogP contribution in [0.5, 0.6) is 0 Å². The Balaban J connectivity index is 1.62. The minimum Gasteiger partial charge on any atom is -0.399 e. The molecule has 2 nitrogen and oxygen atoms in total. The normalized spacial score (nSPS) is 10.5. The van der Waals surface area contributed by atoms with E-state index < -0.39 is 0 Å². The van der Waals surface area contributed by atoms with Crippen molar-refractivity contribution in [2.24, 2.45) is 0 Å². The van der Waals surface area contributed by atoms with Gasteiger partial charge in [0, 0.05) is 33.6 Å². The lowest BCUT2D eigenvalue weighted by molar-refractivity contribution is 1.28. The molecule has 0 saturated heterocycles. The first-order valence-corrected chi connectivity index (χ1v) is 14.5. The summed E-state index contributed by atoms with van der Waals surface area (Å²) in [5, 5.41) is 0. The third kappa shape index (κ3) is 5.71. The van der Waals surface area contributed by atoms with Crippen LogP contribution in [-0.2, 0) is 0 Å². The van der Waals surface area contributed by atoms with Gasteiger partial charge in [-0.3, -0.25) is 0 Å². The molecule has 0 bridgehead atoms. The van der Waals surface area contributed by atoms with Crippen LogP contribution in [0.15, 0.2) is 133 Å². The van der Waals surface area contributed by atoms with Gasteiger partial charge in [0.1, 0.15) is 0 Å². The van der Waals surface area contributed by atoms with Crippen LogP contribution < -0.4 is 10.6 Å². The Kier molecular flexibility index (Phi) is 7.75. The number of terminal acetylenes is 2. The predicted molar refractivity (Wildman–Crippen MR) is 187 cm³/mol. The zero-order valence-corrected chi connectivity index (χ0v) is 24.9. The molecule has 0 saturated carbocycles. The van der Waals surface area contributed by atoms with E-state index in [1.54, 1.807) is 0 Å². The smallest absolute Gasteiger partial charge is 0.0541 e. The summed E-state index contributed by atoms with van der Waals surface area (Å²) in [5.74, 6) is 5.67. The molecule has 0 atom stereocenters. The van der Waals surface area contributed by atoms with Gasteiger partial charge in [-0.1, -0.05) is 95.8 Å². The van der Waals surface area contributed by atoms with Crippen LogP contribution in [0.2, 0.25) is 0 Å². The van der Waals surface area contributed by atoms with Gasteiger partial charge in [-0.25, -0.2) is 0 Å². The van der Waals surface area contributed by atoms with Crippen molar-refractivity contribution in [3.63, 3.8) is 0 Å². The van der Waals surface area contributed by atoms with Crippen molar-refractivity contribution in [1.82, 2.24) is 0 Å². The molecule has 0 fully saturated rings. The van der Waals surface area contributed by atoms with Gasteiger partial charge in [-0.2, -0.15) is 0 Å². The summed E-state index contributed by atoms with van der Waals surface area (Å²) in [6.07, 6.45) is 11.8. The van der Waals surface area contributed by atoms with Crippen LogP contribution in [-0.4, -0.2) is 0 Å². The van der Waals surface area contributed by atoms with Gasteiger partial charge in [0.2, 0.25) is 0 Å². The van der Waals surface area contributed by atoms with E-state index in [1.165, 1.54) is 11.1 Å². The highest BCUT2D eigenvalue weighted by atomic mass is 15.1. The summed E-state index contributed by atoms with van der Waals surface area (Å²) < 4.78 is 0. The second kappa shape index (κ2) is 12.1. The quantitative estimate of drug-likeness (QED) is 0.161. The van der Waals surface area contributed by atoms with Crippen molar-refractivity contribution in [2.45, 2.75) is 13.8 Å². The predicted octanol–water partition coefficient (Wildman–Crippen LogP) is 10.3. The molecule has 0 spiro atoms. The van der Waals surface area contributed by atoms with Crippen LogP contribution in [0.3, 0.4) is 0 Å². The SMILES string of the molecule is C#Cc1ccc(N(c2ccc(-c3ccc(N)cc3)cc2)c2ccc(C#C)cc2-c2cccc(C)c2)c(-c2cccc(C)c2)c1. The van der Waals surface area contributed by atoms with Gasteiger partial charge in [0.15, 0.2) is 0 Å². The average molecular weight is 565 g/mol. The van der Waals surface area contributed by atoms with Crippen molar-refractivity contribution < 1.29 is 0 Å². The van der Waals surface area contributed by atoms with E-state index in [9.17, 15) is 0 Å². The van der Waals surface area contributed by atoms with Gasteiger partial charge < -0.3 is 10.6 Å². The lowest BCUT2D eigenvalue weighted by Crippen LogP contribution is -2.13. The third-order valence-corrected chi connectivity index (χ3v) is 7.84. The Hall–Kier alpha value is -5.96. The fourth-order valence-electron chi connectivity index (χ4n) is 5.62. The molecular weight excluding hydrogens is 532 g/mol. The molecular formula is C42H32N2. The summed E-state index contributed by atoms with van der Waals surface area (Å²) in [4.78, 5) is 2.31. The van der Waals surface area contributed by atoms with Crippen molar-refractivity contribution in [3.05, 3.63) is 156 Å². The number of anilines is 4. The summed E-state index contributed by atoms with van der Waals surface area (Å²) >= 11 is 0. The molecule has 210 valence electrons. The lowest BCUT2D eigenvalue weighted by Gasteiger charge is -2.30. The standard InChI is InChI=1S/C42H32N2/c1-5-31-13-23-41(39(27-31)35-11-7-9-29(3)25-35)44(38-21-17-34(18-22-38)33-15-19-37(43)20-16-33)42-24-14-32(6-2)28-40(42)36-12-8-10-30(4)26-36/h1-2,7-28H,43H2,3-4H3. The molecule has 0 amide bonds. The summed E-state index contributed by atoms with van der Waals surface area (Å²) in [6.45, 7) is 4.21. The molecule has 0 heterocycles. The van der Waals surface area contributed by atoms with Crippen molar-refractivity contribution in [3.8, 4) is 58.1 Å². The molecule has 0 aromatic heterocycles. The zero-order chi connectivity index (χ0) is 30.6. The number of benzene rings is 6. The Morgan fingerprint density at radius 2 is 0.955 bits per heavy atom. The molecule has 2 heteroatoms. The molecule has 0 aliphatic rings. The van der Waals surface area contributed by atoms with E-state index in [4.69, 9.17) is 18.6 Å². The van der Waals surface area contributed by atoms with Gasteiger partial charge in [-0.15, -0.1) is 12.8 Å². The molecule has 0 aliphatic carbocycles. The van der Waals surface area contributed by atoms with Crippen molar-refractivity contribution >= 4 is 22.7 Å². The Morgan fingerprint density at radius 1 is 0.500 bits per heavy atom. The number of aryl methyl sites for hydroxylation is 2. The summed E-state index contributed by atoms with van der Waals surface area (Å²) in [5.41, 5.74) is 20.2. The molecule has 6 aromatic rings. The van der Waals surface area contributed by atoms with Crippen LogP contribution in [0.25, 0.3) is 33.4 Å². The number of rotatable bonds is 6. The van der Waals surface area contributed by atoms with Crippen LogP contribution in [0, 0.1) is 38.5 Å². The first kappa shape index (κ1) is 28.2. The second-order valence-electron chi connectivity index (χ2n) is 11.0. The maximum absolute atomic E-state index is 5.95. The second-order valence-corrected chi connectivity index (χ2v) is 11.0. The Morgan fingerprint density at radius 3 is 1.39 bits per heavy atom. The van der Waals surface area contributed by atoms with Crippen LogP contribution in [0.4, 0.5) is 22.7 Å². The number of nitrogens with two attached hydrogens (primary N) is 1. The number of hydrogen-bond donors (Lipinski definition) is 1. The molecule has 2 N–H and O–H groups in total. The monoisotopic (exact) mass is 564 g/mol. The highest BCUT2D eigenvalue weighted by molar-refractivity contribution is 5.94. The molecule has 6 rings (SSSR count). The first-order valence-electron chi connectivity index (χ1n) is 14.5. The average Bonchev–Trinajstić information content (AvgIpc) is 3.06. The van der Waals surface area contributed by atoms with E-state index in [0.29, 0.717) is 0 Å². The van der Waals surface area contributed by atoms with E-state index in [1.807, 2.05) is 36.4 Å². The van der Waals surface area contributed by atoms with Gasteiger partial charge in [0.25, 0.3) is 0 Å². The lowest BCUT2D eigenvalue weighted by atomic mass is 9.95. The van der Waals surface area contributed by atoms with Crippen molar-refractivity contribution in [1.29, 1.82) is 0 Å². The van der Waals surface area contributed by atoms with Gasteiger partial charge >= 0.3 is 0 Å². The number of nitrogen functional groups attached to an aromatic ring is 1. The number of hydrogen-bond acceptors (Lipinski definition) is 2. The Labute approximate surface area is 260 Å².